The number of carbonyl (C=O) groups is 1. The number of benzene rings is 1. The highest BCUT2D eigenvalue weighted by atomic mass is 16.5. The van der Waals surface area contributed by atoms with Gasteiger partial charge in [0.15, 0.2) is 0 Å². The van der Waals surface area contributed by atoms with Crippen molar-refractivity contribution in [1.82, 2.24) is 19.7 Å². The van der Waals surface area contributed by atoms with Gasteiger partial charge in [0.25, 0.3) is 5.91 Å². The van der Waals surface area contributed by atoms with E-state index in [9.17, 15) is 4.79 Å². The minimum absolute atomic E-state index is 0.0168. The number of amides is 1. The first-order valence-corrected chi connectivity index (χ1v) is 9.08. The van der Waals surface area contributed by atoms with Crippen molar-refractivity contribution in [3.05, 3.63) is 83.4 Å². The average molecular weight is 362 g/mol. The molecule has 1 amide bonds. The van der Waals surface area contributed by atoms with E-state index in [1.54, 1.807) is 24.1 Å². The predicted octanol–water partition coefficient (Wildman–Crippen LogP) is 2.62. The third-order valence-corrected chi connectivity index (χ3v) is 4.69. The number of aromatic nitrogens is 3. The van der Waals surface area contributed by atoms with Crippen LogP contribution in [0.2, 0.25) is 0 Å². The molecule has 0 N–H and O–H groups in total. The second-order valence-electron chi connectivity index (χ2n) is 6.73. The molecule has 6 heteroatoms. The van der Waals surface area contributed by atoms with E-state index in [4.69, 9.17) is 9.72 Å². The van der Waals surface area contributed by atoms with Gasteiger partial charge in [0, 0.05) is 31.9 Å². The Balaban J connectivity index is 1.48. The highest BCUT2D eigenvalue weighted by molar-refractivity contribution is 5.93. The summed E-state index contributed by atoms with van der Waals surface area (Å²) in [5.41, 5.74) is 3.69. The van der Waals surface area contributed by atoms with Crippen LogP contribution in [-0.4, -0.2) is 45.3 Å². The van der Waals surface area contributed by atoms with Crippen LogP contribution >= 0.6 is 0 Å². The molecule has 2 aromatic heterocycles. The van der Waals surface area contributed by atoms with Crippen LogP contribution in [0, 0.1) is 0 Å². The van der Waals surface area contributed by atoms with E-state index in [1.165, 1.54) is 5.56 Å². The van der Waals surface area contributed by atoms with E-state index in [-0.39, 0.29) is 12.0 Å². The summed E-state index contributed by atoms with van der Waals surface area (Å²) in [5.74, 6) is -0.0168. The summed E-state index contributed by atoms with van der Waals surface area (Å²) in [6.45, 7) is 1.57. The molecule has 1 aliphatic heterocycles. The number of hydrogen-bond acceptors (Lipinski definition) is 4. The molecule has 1 aromatic carbocycles. The number of aryl methyl sites for hydroxylation is 1. The van der Waals surface area contributed by atoms with Crippen molar-refractivity contribution in [3.8, 4) is 0 Å². The molecule has 3 heterocycles. The van der Waals surface area contributed by atoms with E-state index < -0.39 is 0 Å². The molecule has 138 valence electrons. The van der Waals surface area contributed by atoms with Gasteiger partial charge >= 0.3 is 0 Å². The average Bonchev–Trinajstić information content (AvgIpc) is 3.15. The molecule has 1 fully saturated rings. The zero-order chi connectivity index (χ0) is 18.6. The van der Waals surface area contributed by atoms with E-state index in [1.807, 2.05) is 41.3 Å². The van der Waals surface area contributed by atoms with Gasteiger partial charge in [0.1, 0.15) is 6.10 Å². The summed E-state index contributed by atoms with van der Waals surface area (Å²) >= 11 is 0. The van der Waals surface area contributed by atoms with Gasteiger partial charge in [-0.15, -0.1) is 0 Å². The number of hydrogen-bond donors (Lipinski definition) is 0. The first-order chi connectivity index (χ1) is 13.2. The topological polar surface area (TPSA) is 60.2 Å². The van der Waals surface area contributed by atoms with Crippen LogP contribution in [0.25, 0.3) is 0 Å². The number of nitrogens with zero attached hydrogens (tertiary/aromatic N) is 4. The first kappa shape index (κ1) is 17.4. The Hall–Kier alpha value is -2.99. The lowest BCUT2D eigenvalue weighted by Gasteiger charge is -2.32. The highest BCUT2D eigenvalue weighted by Crippen LogP contribution is 2.22. The van der Waals surface area contributed by atoms with Crippen molar-refractivity contribution in [2.75, 3.05) is 19.7 Å². The summed E-state index contributed by atoms with van der Waals surface area (Å²) < 4.78 is 7.55. The van der Waals surface area contributed by atoms with E-state index in [0.717, 1.165) is 17.8 Å². The zero-order valence-corrected chi connectivity index (χ0v) is 15.3. The lowest BCUT2D eigenvalue weighted by molar-refractivity contribution is -0.0248. The Morgan fingerprint density at radius 1 is 1.19 bits per heavy atom. The van der Waals surface area contributed by atoms with Crippen LogP contribution in [0.4, 0.5) is 0 Å². The fourth-order valence-corrected chi connectivity index (χ4v) is 3.31. The van der Waals surface area contributed by atoms with E-state index in [0.29, 0.717) is 25.3 Å². The van der Waals surface area contributed by atoms with Gasteiger partial charge in [-0.3, -0.25) is 14.5 Å². The molecule has 27 heavy (non-hydrogen) atoms. The molecular weight excluding hydrogens is 340 g/mol. The molecule has 1 saturated heterocycles. The van der Waals surface area contributed by atoms with E-state index >= 15 is 0 Å². The standard InChI is InChI=1S/C21H22N4O2/c1-24-14-17(13-22-24)21(26)25-10-11-27-20(15-25)19-9-5-8-18(23-19)12-16-6-3-2-4-7-16/h2-9,13-14,20H,10-12,15H2,1H3/t20-/m0/s1. The Bertz CT molecular complexity index is 923. The van der Waals surface area contributed by atoms with Crippen LogP contribution in [-0.2, 0) is 18.2 Å². The fraction of sp³-hybridized carbons (Fsp3) is 0.286. The normalized spacial score (nSPS) is 17.1. The number of morpholine rings is 1. The molecule has 6 nitrogen and oxygen atoms in total. The van der Waals surface area contributed by atoms with Gasteiger partial charge in [-0.05, 0) is 17.7 Å². The Kier molecular flexibility index (Phi) is 4.98. The molecular formula is C21H22N4O2. The summed E-state index contributed by atoms with van der Waals surface area (Å²) in [5, 5.41) is 4.09. The maximum atomic E-state index is 12.7. The lowest BCUT2D eigenvalue weighted by atomic mass is 10.1. The van der Waals surface area contributed by atoms with Crippen molar-refractivity contribution >= 4 is 5.91 Å². The molecule has 0 saturated carbocycles. The predicted molar refractivity (Wildman–Crippen MR) is 101 cm³/mol. The summed E-state index contributed by atoms with van der Waals surface area (Å²) in [7, 11) is 1.81. The Morgan fingerprint density at radius 3 is 2.81 bits per heavy atom. The molecule has 0 unspecified atom stereocenters. The summed E-state index contributed by atoms with van der Waals surface area (Å²) in [4.78, 5) is 19.3. The minimum atomic E-state index is -0.213. The van der Waals surface area contributed by atoms with Crippen LogP contribution in [0.5, 0.6) is 0 Å². The van der Waals surface area contributed by atoms with Crippen LogP contribution < -0.4 is 0 Å². The maximum absolute atomic E-state index is 12.7. The quantitative estimate of drug-likeness (QED) is 0.716. The monoisotopic (exact) mass is 362 g/mol. The highest BCUT2D eigenvalue weighted by Gasteiger charge is 2.27. The van der Waals surface area contributed by atoms with Gasteiger partial charge < -0.3 is 9.64 Å². The number of pyridine rings is 1. The third-order valence-electron chi connectivity index (χ3n) is 4.69. The van der Waals surface area contributed by atoms with Gasteiger partial charge in [0.2, 0.25) is 0 Å². The van der Waals surface area contributed by atoms with Crippen LogP contribution in [0.15, 0.2) is 60.9 Å². The SMILES string of the molecule is Cn1cc(C(=O)N2CCO[C@H](c3cccc(Cc4ccccc4)n3)C2)cn1. The summed E-state index contributed by atoms with van der Waals surface area (Å²) in [6, 6.07) is 16.3. The second kappa shape index (κ2) is 7.72. The van der Waals surface area contributed by atoms with Crippen molar-refractivity contribution < 1.29 is 9.53 Å². The zero-order valence-electron chi connectivity index (χ0n) is 15.3. The largest absolute Gasteiger partial charge is 0.368 e. The molecule has 1 atom stereocenters. The molecule has 0 bridgehead atoms. The molecule has 3 aromatic rings. The molecule has 0 aliphatic carbocycles. The number of rotatable bonds is 4. The smallest absolute Gasteiger partial charge is 0.257 e. The van der Waals surface area contributed by atoms with Crippen LogP contribution in [0.3, 0.4) is 0 Å². The Labute approximate surface area is 158 Å². The number of carbonyl (C=O) groups excluding carboxylic acids is 1. The van der Waals surface area contributed by atoms with Gasteiger partial charge in [-0.25, -0.2) is 0 Å². The van der Waals surface area contributed by atoms with Gasteiger partial charge in [0.05, 0.1) is 30.6 Å². The Morgan fingerprint density at radius 2 is 2.04 bits per heavy atom. The van der Waals surface area contributed by atoms with Crippen molar-refractivity contribution in [3.63, 3.8) is 0 Å². The maximum Gasteiger partial charge on any atom is 0.257 e. The molecule has 0 spiro atoms. The van der Waals surface area contributed by atoms with Crippen molar-refractivity contribution in [2.24, 2.45) is 7.05 Å². The first-order valence-electron chi connectivity index (χ1n) is 9.08. The van der Waals surface area contributed by atoms with Crippen LogP contribution in [0.1, 0.15) is 33.4 Å². The molecule has 4 rings (SSSR count). The lowest BCUT2D eigenvalue weighted by Crippen LogP contribution is -2.42. The van der Waals surface area contributed by atoms with Crippen molar-refractivity contribution in [1.29, 1.82) is 0 Å². The fourth-order valence-electron chi connectivity index (χ4n) is 3.31. The minimum Gasteiger partial charge on any atom is -0.368 e. The third kappa shape index (κ3) is 4.06. The second-order valence-corrected chi connectivity index (χ2v) is 6.73. The van der Waals surface area contributed by atoms with Gasteiger partial charge in [-0.1, -0.05) is 36.4 Å². The van der Waals surface area contributed by atoms with Crippen molar-refractivity contribution in [2.45, 2.75) is 12.5 Å². The number of ether oxygens (including phenoxy) is 1. The van der Waals surface area contributed by atoms with Gasteiger partial charge in [-0.2, -0.15) is 5.10 Å². The molecule has 1 aliphatic rings. The summed E-state index contributed by atoms with van der Waals surface area (Å²) in [6.07, 6.45) is 3.91. The molecule has 0 radical (unpaired) electrons. The van der Waals surface area contributed by atoms with E-state index in [2.05, 4.69) is 17.2 Å².